The van der Waals surface area contributed by atoms with E-state index in [1.807, 2.05) is 6.92 Å². The summed E-state index contributed by atoms with van der Waals surface area (Å²) in [6, 6.07) is -0.00413. The standard InChI is InChI=1S/C15H29N3O/c1-12(2)11-14-16-13(3)15(19)18(14)10-6-9-17-7-4-5-8-17/h12-14,16H,4-11H2,1-3H3. The second-order valence-corrected chi connectivity index (χ2v) is 6.47. The van der Waals surface area contributed by atoms with E-state index in [1.165, 1.54) is 25.9 Å². The van der Waals surface area contributed by atoms with Gasteiger partial charge in [-0.25, -0.2) is 0 Å². The smallest absolute Gasteiger partial charge is 0.240 e. The highest BCUT2D eigenvalue weighted by atomic mass is 16.2. The average molecular weight is 267 g/mol. The lowest BCUT2D eigenvalue weighted by molar-refractivity contribution is -0.130. The van der Waals surface area contributed by atoms with Crippen molar-refractivity contribution in [3.63, 3.8) is 0 Å². The molecular formula is C15H29N3O. The number of rotatable bonds is 6. The molecule has 110 valence electrons. The molecule has 0 aromatic rings. The van der Waals surface area contributed by atoms with Crippen LogP contribution in [-0.2, 0) is 4.79 Å². The molecule has 2 rings (SSSR count). The molecule has 2 atom stereocenters. The van der Waals surface area contributed by atoms with Crippen LogP contribution in [0, 0.1) is 5.92 Å². The van der Waals surface area contributed by atoms with E-state index < -0.39 is 0 Å². The second-order valence-electron chi connectivity index (χ2n) is 6.47. The number of amides is 1. The van der Waals surface area contributed by atoms with Crippen LogP contribution in [-0.4, -0.2) is 54.1 Å². The fourth-order valence-corrected chi connectivity index (χ4v) is 3.23. The molecule has 2 unspecified atom stereocenters. The molecule has 0 bridgehead atoms. The molecule has 0 aliphatic carbocycles. The summed E-state index contributed by atoms with van der Waals surface area (Å²) in [4.78, 5) is 16.8. The monoisotopic (exact) mass is 267 g/mol. The van der Waals surface area contributed by atoms with Crippen molar-refractivity contribution in [1.29, 1.82) is 0 Å². The third-order valence-corrected chi connectivity index (χ3v) is 4.24. The highest BCUT2D eigenvalue weighted by Gasteiger charge is 2.35. The lowest BCUT2D eigenvalue weighted by Crippen LogP contribution is -2.40. The Kier molecular flexibility index (Phi) is 5.22. The van der Waals surface area contributed by atoms with Crippen LogP contribution >= 0.6 is 0 Å². The van der Waals surface area contributed by atoms with Crippen LogP contribution in [0.3, 0.4) is 0 Å². The molecule has 2 aliphatic rings. The zero-order chi connectivity index (χ0) is 13.8. The van der Waals surface area contributed by atoms with Crippen molar-refractivity contribution in [2.45, 2.75) is 58.7 Å². The molecule has 4 heteroatoms. The van der Waals surface area contributed by atoms with E-state index >= 15 is 0 Å². The van der Waals surface area contributed by atoms with Crippen molar-refractivity contribution >= 4 is 5.91 Å². The largest absolute Gasteiger partial charge is 0.326 e. The van der Waals surface area contributed by atoms with Gasteiger partial charge >= 0.3 is 0 Å². The van der Waals surface area contributed by atoms with Crippen molar-refractivity contribution in [1.82, 2.24) is 15.1 Å². The molecule has 2 aliphatic heterocycles. The van der Waals surface area contributed by atoms with Crippen LogP contribution in [0.15, 0.2) is 0 Å². The normalized spacial score (nSPS) is 28.8. The molecule has 2 heterocycles. The molecule has 2 fully saturated rings. The third-order valence-electron chi connectivity index (χ3n) is 4.24. The fourth-order valence-electron chi connectivity index (χ4n) is 3.23. The number of carbonyl (C=O) groups is 1. The van der Waals surface area contributed by atoms with Gasteiger partial charge in [0.1, 0.15) is 0 Å². The lowest BCUT2D eigenvalue weighted by atomic mass is 10.1. The van der Waals surface area contributed by atoms with Gasteiger partial charge in [0.25, 0.3) is 0 Å². The molecular weight excluding hydrogens is 238 g/mol. The zero-order valence-corrected chi connectivity index (χ0v) is 12.7. The maximum Gasteiger partial charge on any atom is 0.240 e. The topological polar surface area (TPSA) is 35.6 Å². The van der Waals surface area contributed by atoms with Crippen LogP contribution in [0.1, 0.15) is 46.5 Å². The summed E-state index contributed by atoms with van der Waals surface area (Å²) < 4.78 is 0. The SMILES string of the molecule is CC(C)CC1NC(C)C(=O)N1CCCN1CCCC1. The maximum absolute atomic E-state index is 12.2. The Bertz CT molecular complexity index is 300. The molecule has 0 radical (unpaired) electrons. The Morgan fingerprint density at radius 1 is 1.26 bits per heavy atom. The Hall–Kier alpha value is -0.610. The molecule has 0 saturated carbocycles. The summed E-state index contributed by atoms with van der Waals surface area (Å²) in [6.45, 7) is 11.0. The van der Waals surface area contributed by atoms with Gasteiger partial charge in [-0.1, -0.05) is 13.8 Å². The number of nitrogens with zero attached hydrogens (tertiary/aromatic N) is 2. The Morgan fingerprint density at radius 3 is 2.58 bits per heavy atom. The molecule has 1 amide bonds. The highest BCUT2D eigenvalue weighted by molar-refractivity contribution is 5.83. The van der Waals surface area contributed by atoms with Crippen molar-refractivity contribution in [2.75, 3.05) is 26.2 Å². The van der Waals surface area contributed by atoms with Crippen LogP contribution in [0.5, 0.6) is 0 Å². The van der Waals surface area contributed by atoms with Gasteiger partial charge in [0.15, 0.2) is 0 Å². The fraction of sp³-hybridized carbons (Fsp3) is 0.933. The first-order chi connectivity index (χ1) is 9.08. The van der Waals surface area contributed by atoms with Gasteiger partial charge in [-0.3, -0.25) is 10.1 Å². The predicted octanol–water partition coefficient (Wildman–Crippen LogP) is 1.66. The van der Waals surface area contributed by atoms with E-state index in [-0.39, 0.29) is 18.1 Å². The number of likely N-dealkylation sites (tertiary alicyclic amines) is 1. The zero-order valence-electron chi connectivity index (χ0n) is 12.7. The summed E-state index contributed by atoms with van der Waals surface area (Å²) in [6.07, 6.45) is 5.10. The van der Waals surface area contributed by atoms with E-state index in [0.29, 0.717) is 5.92 Å². The van der Waals surface area contributed by atoms with Gasteiger partial charge in [0.2, 0.25) is 5.91 Å². The summed E-state index contributed by atoms with van der Waals surface area (Å²) >= 11 is 0. The van der Waals surface area contributed by atoms with Gasteiger partial charge < -0.3 is 9.80 Å². The first kappa shape index (κ1) is 14.8. The highest BCUT2D eigenvalue weighted by Crippen LogP contribution is 2.18. The quantitative estimate of drug-likeness (QED) is 0.795. The first-order valence-corrected chi connectivity index (χ1v) is 7.87. The van der Waals surface area contributed by atoms with E-state index in [9.17, 15) is 4.79 Å². The van der Waals surface area contributed by atoms with Gasteiger partial charge in [-0.2, -0.15) is 0 Å². The second kappa shape index (κ2) is 6.71. The summed E-state index contributed by atoms with van der Waals surface area (Å²) in [5, 5.41) is 3.43. The molecule has 0 aromatic carbocycles. The molecule has 0 aromatic heterocycles. The minimum absolute atomic E-state index is 0.00413. The number of nitrogens with one attached hydrogen (secondary N) is 1. The Labute approximate surface area is 117 Å². The van der Waals surface area contributed by atoms with Gasteiger partial charge in [-0.15, -0.1) is 0 Å². The minimum Gasteiger partial charge on any atom is -0.326 e. The number of hydrogen-bond acceptors (Lipinski definition) is 3. The van der Waals surface area contributed by atoms with E-state index in [4.69, 9.17) is 0 Å². The molecule has 2 saturated heterocycles. The lowest BCUT2D eigenvalue weighted by Gasteiger charge is -2.26. The molecule has 4 nitrogen and oxygen atoms in total. The predicted molar refractivity (Wildman–Crippen MR) is 77.8 cm³/mol. The molecule has 1 N–H and O–H groups in total. The van der Waals surface area contributed by atoms with E-state index in [0.717, 1.165) is 25.9 Å². The minimum atomic E-state index is -0.00413. The Balaban J connectivity index is 1.79. The average Bonchev–Trinajstić information content (AvgIpc) is 2.92. The van der Waals surface area contributed by atoms with Gasteiger partial charge in [0.05, 0.1) is 12.2 Å². The van der Waals surface area contributed by atoms with Crippen molar-refractivity contribution in [3.05, 3.63) is 0 Å². The van der Waals surface area contributed by atoms with Crippen LogP contribution in [0.2, 0.25) is 0 Å². The van der Waals surface area contributed by atoms with Crippen molar-refractivity contribution < 1.29 is 4.79 Å². The van der Waals surface area contributed by atoms with Gasteiger partial charge in [0, 0.05) is 6.54 Å². The third kappa shape index (κ3) is 3.93. The summed E-state index contributed by atoms with van der Waals surface area (Å²) in [5.41, 5.74) is 0. The number of hydrogen-bond donors (Lipinski definition) is 1. The van der Waals surface area contributed by atoms with E-state index in [1.54, 1.807) is 0 Å². The van der Waals surface area contributed by atoms with Crippen LogP contribution in [0.4, 0.5) is 0 Å². The van der Waals surface area contributed by atoms with Crippen LogP contribution in [0.25, 0.3) is 0 Å². The Morgan fingerprint density at radius 2 is 1.95 bits per heavy atom. The first-order valence-electron chi connectivity index (χ1n) is 7.87. The van der Waals surface area contributed by atoms with Gasteiger partial charge in [-0.05, 0) is 58.2 Å². The molecule has 19 heavy (non-hydrogen) atoms. The van der Waals surface area contributed by atoms with Crippen molar-refractivity contribution in [2.24, 2.45) is 5.92 Å². The molecule has 0 spiro atoms. The maximum atomic E-state index is 12.2. The number of carbonyl (C=O) groups excluding carboxylic acids is 1. The van der Waals surface area contributed by atoms with E-state index in [2.05, 4.69) is 29.0 Å². The van der Waals surface area contributed by atoms with Crippen LogP contribution < -0.4 is 5.32 Å². The summed E-state index contributed by atoms with van der Waals surface area (Å²) in [5.74, 6) is 0.906. The summed E-state index contributed by atoms with van der Waals surface area (Å²) in [7, 11) is 0. The van der Waals surface area contributed by atoms with Crippen molar-refractivity contribution in [3.8, 4) is 0 Å².